The lowest BCUT2D eigenvalue weighted by atomic mass is 10.0. The lowest BCUT2D eigenvalue weighted by Gasteiger charge is -2.27. The highest BCUT2D eigenvalue weighted by molar-refractivity contribution is 7.89. The van der Waals surface area contributed by atoms with E-state index >= 15 is 0 Å². The summed E-state index contributed by atoms with van der Waals surface area (Å²) in [7, 11) is -2.73. The molecule has 1 aliphatic rings. The van der Waals surface area contributed by atoms with Crippen molar-refractivity contribution in [3.8, 4) is 11.5 Å². The molecule has 1 N–H and O–H groups in total. The van der Waals surface area contributed by atoms with Crippen LogP contribution in [0.3, 0.4) is 0 Å². The number of sulfonamides is 1. The van der Waals surface area contributed by atoms with Crippen LogP contribution in [0.15, 0.2) is 41.3 Å². The summed E-state index contributed by atoms with van der Waals surface area (Å²) in [6, 6.07) is 6.12. The van der Waals surface area contributed by atoms with Gasteiger partial charge in [0.15, 0.2) is 23.1 Å². The summed E-state index contributed by atoms with van der Waals surface area (Å²) in [6.45, 7) is 4.23. The minimum atomic E-state index is -4.09. The van der Waals surface area contributed by atoms with Crippen molar-refractivity contribution in [1.82, 2.24) is 4.72 Å². The van der Waals surface area contributed by atoms with Crippen LogP contribution in [0.1, 0.15) is 20.3 Å². The molecule has 3 rings (SSSR count). The first-order valence-electron chi connectivity index (χ1n) is 9.75. The summed E-state index contributed by atoms with van der Waals surface area (Å²) >= 11 is 0. The molecule has 10 heteroatoms. The second-order valence-electron chi connectivity index (χ2n) is 7.50. The van der Waals surface area contributed by atoms with Gasteiger partial charge in [-0.3, -0.25) is 4.79 Å². The van der Waals surface area contributed by atoms with Crippen molar-refractivity contribution in [2.24, 2.45) is 5.92 Å². The summed E-state index contributed by atoms with van der Waals surface area (Å²) in [5.41, 5.74) is 0.101. The van der Waals surface area contributed by atoms with E-state index in [1.807, 2.05) is 0 Å². The first-order valence-corrected chi connectivity index (χ1v) is 11.2. The number of nitrogens with one attached hydrogen (secondary N) is 1. The second-order valence-corrected chi connectivity index (χ2v) is 9.21. The molecule has 0 spiro atoms. The number of rotatable bonds is 6. The van der Waals surface area contributed by atoms with Crippen LogP contribution in [-0.2, 0) is 14.8 Å². The van der Waals surface area contributed by atoms with E-state index < -0.39 is 39.5 Å². The van der Waals surface area contributed by atoms with Crippen LogP contribution in [0.4, 0.5) is 14.5 Å². The van der Waals surface area contributed by atoms with Gasteiger partial charge in [0.2, 0.25) is 15.9 Å². The number of amides is 1. The molecule has 2 aromatic carbocycles. The lowest BCUT2D eigenvalue weighted by molar-refractivity contribution is -0.120. The number of benzene rings is 2. The zero-order valence-electron chi connectivity index (χ0n) is 17.4. The van der Waals surface area contributed by atoms with Gasteiger partial charge in [0.05, 0.1) is 18.1 Å². The van der Waals surface area contributed by atoms with Gasteiger partial charge in [0, 0.05) is 31.3 Å². The molecule has 2 aromatic rings. The number of likely N-dealkylation sites (N-methyl/N-ethyl adjacent to an activating group) is 1. The maximum atomic E-state index is 13.6. The molecule has 0 aliphatic carbocycles. The predicted octanol–water partition coefficient (Wildman–Crippen LogP) is 3.09. The molecule has 0 radical (unpaired) electrons. The highest BCUT2D eigenvalue weighted by Gasteiger charge is 2.32. The average Bonchev–Trinajstić information content (AvgIpc) is 2.97. The van der Waals surface area contributed by atoms with Gasteiger partial charge in [0.25, 0.3) is 0 Å². The summed E-state index contributed by atoms with van der Waals surface area (Å²) in [5.74, 6) is -2.42. The monoisotopic (exact) mass is 454 g/mol. The van der Waals surface area contributed by atoms with Crippen LogP contribution in [0.5, 0.6) is 11.5 Å². The maximum Gasteiger partial charge on any atom is 0.245 e. The average molecular weight is 454 g/mol. The zero-order chi connectivity index (χ0) is 22.8. The van der Waals surface area contributed by atoms with Crippen molar-refractivity contribution in [2.75, 3.05) is 25.2 Å². The van der Waals surface area contributed by atoms with E-state index in [0.717, 1.165) is 17.0 Å². The van der Waals surface area contributed by atoms with Crippen LogP contribution in [0.2, 0.25) is 0 Å². The van der Waals surface area contributed by atoms with E-state index in [1.54, 1.807) is 13.8 Å². The number of carbonyl (C=O) groups is 1. The van der Waals surface area contributed by atoms with Crippen molar-refractivity contribution < 1.29 is 31.5 Å². The van der Waals surface area contributed by atoms with Gasteiger partial charge in [0.1, 0.15) is 6.04 Å². The Morgan fingerprint density at radius 2 is 1.71 bits per heavy atom. The van der Waals surface area contributed by atoms with E-state index in [4.69, 9.17) is 9.47 Å². The second kappa shape index (κ2) is 9.19. The predicted molar refractivity (Wildman–Crippen MR) is 111 cm³/mol. The molecule has 168 valence electrons. The standard InChI is InChI=1S/C21H24F2N2O5S/c1-13(2)20(21(26)25(3)14-5-7-16(22)17(23)11-14)24-31(27,28)15-6-8-18-19(12-15)30-10-4-9-29-18/h5-8,11-13,20,24H,4,9-10H2,1-3H3. The van der Waals surface area contributed by atoms with Crippen molar-refractivity contribution in [2.45, 2.75) is 31.2 Å². The molecule has 1 atom stereocenters. The Morgan fingerprint density at radius 1 is 1.03 bits per heavy atom. The van der Waals surface area contributed by atoms with E-state index in [2.05, 4.69) is 4.72 Å². The third-order valence-electron chi connectivity index (χ3n) is 4.87. The van der Waals surface area contributed by atoms with Crippen LogP contribution < -0.4 is 19.1 Å². The molecule has 0 saturated carbocycles. The van der Waals surface area contributed by atoms with Gasteiger partial charge in [-0.1, -0.05) is 13.8 Å². The fraction of sp³-hybridized carbons (Fsp3) is 0.381. The number of hydrogen-bond donors (Lipinski definition) is 1. The quantitative estimate of drug-likeness (QED) is 0.725. The minimum Gasteiger partial charge on any atom is -0.490 e. The molecule has 1 aliphatic heterocycles. The first-order chi connectivity index (χ1) is 14.6. The Bertz CT molecular complexity index is 1080. The third kappa shape index (κ3) is 5.13. The molecule has 1 unspecified atom stereocenters. The number of fused-ring (bicyclic) bond motifs is 1. The molecule has 0 saturated heterocycles. The largest absolute Gasteiger partial charge is 0.490 e. The highest BCUT2D eigenvalue weighted by atomic mass is 32.2. The Balaban J connectivity index is 1.85. The molecule has 1 heterocycles. The Labute approximate surface area is 180 Å². The van der Waals surface area contributed by atoms with Crippen LogP contribution in [0, 0.1) is 17.6 Å². The third-order valence-corrected chi connectivity index (χ3v) is 6.30. The Kier molecular flexibility index (Phi) is 6.80. The number of ether oxygens (including phenoxy) is 2. The summed E-state index contributed by atoms with van der Waals surface area (Å²) in [5, 5.41) is 0. The zero-order valence-corrected chi connectivity index (χ0v) is 18.2. The number of nitrogens with zero attached hydrogens (tertiary/aromatic N) is 1. The molecule has 7 nitrogen and oxygen atoms in total. The minimum absolute atomic E-state index is 0.0781. The fourth-order valence-corrected chi connectivity index (χ4v) is 4.40. The Morgan fingerprint density at radius 3 is 2.35 bits per heavy atom. The van der Waals surface area contributed by atoms with Crippen molar-refractivity contribution >= 4 is 21.6 Å². The van der Waals surface area contributed by atoms with E-state index in [0.29, 0.717) is 31.1 Å². The topological polar surface area (TPSA) is 84.9 Å². The van der Waals surface area contributed by atoms with Gasteiger partial charge >= 0.3 is 0 Å². The van der Waals surface area contributed by atoms with Gasteiger partial charge in [-0.25, -0.2) is 17.2 Å². The SMILES string of the molecule is CC(C)C(NS(=O)(=O)c1ccc2c(c1)OCCCO2)C(=O)N(C)c1ccc(F)c(F)c1. The van der Waals surface area contributed by atoms with E-state index in [9.17, 15) is 22.0 Å². The normalized spacial score (nSPS) is 14.8. The first kappa shape index (κ1) is 23.0. The molecule has 31 heavy (non-hydrogen) atoms. The molecule has 0 fully saturated rings. The van der Waals surface area contributed by atoms with Crippen molar-refractivity contribution in [3.05, 3.63) is 48.0 Å². The summed E-state index contributed by atoms with van der Waals surface area (Å²) < 4.78 is 66.3. The Hall–Kier alpha value is -2.72. The van der Waals surface area contributed by atoms with Gasteiger partial charge in [-0.05, 0) is 30.2 Å². The van der Waals surface area contributed by atoms with E-state index in [1.165, 1.54) is 31.3 Å². The van der Waals surface area contributed by atoms with Crippen LogP contribution >= 0.6 is 0 Å². The van der Waals surface area contributed by atoms with E-state index in [-0.39, 0.29) is 10.6 Å². The molecular weight excluding hydrogens is 430 g/mol. The number of hydrogen-bond acceptors (Lipinski definition) is 5. The van der Waals surface area contributed by atoms with Crippen LogP contribution in [0.25, 0.3) is 0 Å². The number of halogens is 2. The molecular formula is C21H24F2N2O5S. The summed E-state index contributed by atoms with van der Waals surface area (Å²) in [4.78, 5) is 14.0. The van der Waals surface area contributed by atoms with Crippen molar-refractivity contribution in [1.29, 1.82) is 0 Å². The van der Waals surface area contributed by atoms with Gasteiger partial charge < -0.3 is 14.4 Å². The smallest absolute Gasteiger partial charge is 0.245 e. The molecule has 1 amide bonds. The number of anilines is 1. The fourth-order valence-electron chi connectivity index (χ4n) is 3.05. The molecule has 0 aromatic heterocycles. The number of carbonyl (C=O) groups excluding carboxylic acids is 1. The maximum absolute atomic E-state index is 13.6. The van der Waals surface area contributed by atoms with Gasteiger partial charge in [-0.15, -0.1) is 0 Å². The lowest BCUT2D eigenvalue weighted by Crippen LogP contribution is -2.50. The van der Waals surface area contributed by atoms with Crippen LogP contribution in [-0.4, -0.2) is 40.6 Å². The van der Waals surface area contributed by atoms with Crippen molar-refractivity contribution in [3.63, 3.8) is 0 Å². The summed E-state index contributed by atoms with van der Waals surface area (Å²) in [6.07, 6.45) is 0.676. The molecule has 0 bridgehead atoms. The highest BCUT2D eigenvalue weighted by Crippen LogP contribution is 2.32. The van der Waals surface area contributed by atoms with Gasteiger partial charge in [-0.2, -0.15) is 4.72 Å².